The van der Waals surface area contributed by atoms with Gasteiger partial charge >= 0.3 is 11.9 Å². The molecule has 0 aromatic heterocycles. The molecule has 0 saturated carbocycles. The molecule has 2 saturated heterocycles. The molecular formula is C10H12N2O8. The first-order chi connectivity index (χ1) is 9.36. The van der Waals surface area contributed by atoms with Crippen molar-refractivity contribution in [1.29, 1.82) is 0 Å². The Morgan fingerprint density at radius 1 is 0.900 bits per heavy atom. The summed E-state index contributed by atoms with van der Waals surface area (Å²) < 4.78 is 9.95. The molecule has 0 spiro atoms. The highest BCUT2D eigenvalue weighted by Crippen LogP contribution is 2.34. The van der Waals surface area contributed by atoms with Crippen LogP contribution in [0, 0.1) is 32.1 Å². The number of rotatable bonds is 5. The molecule has 0 amide bonds. The first-order valence-electron chi connectivity index (χ1n) is 5.99. The number of esters is 2. The van der Waals surface area contributed by atoms with Crippen molar-refractivity contribution in [1.82, 2.24) is 0 Å². The van der Waals surface area contributed by atoms with Crippen molar-refractivity contribution < 1.29 is 28.9 Å². The number of carbonyl (C=O) groups excluding carboxylic acids is 2. The largest absolute Gasteiger partial charge is 0.458 e. The lowest BCUT2D eigenvalue weighted by molar-refractivity contribution is -0.493. The first kappa shape index (κ1) is 14.2. The molecule has 10 nitrogen and oxygen atoms in total. The van der Waals surface area contributed by atoms with E-state index in [1.165, 1.54) is 0 Å². The molecule has 2 heterocycles. The molecule has 0 bridgehead atoms. The lowest BCUT2D eigenvalue weighted by Gasteiger charge is -2.23. The third-order valence-corrected chi connectivity index (χ3v) is 3.41. The molecule has 0 aromatic rings. The van der Waals surface area contributed by atoms with Crippen LogP contribution in [-0.2, 0) is 19.1 Å². The smallest absolute Gasteiger partial charge is 0.306 e. The van der Waals surface area contributed by atoms with E-state index in [4.69, 9.17) is 9.47 Å². The van der Waals surface area contributed by atoms with E-state index in [1.54, 1.807) is 0 Å². The minimum absolute atomic E-state index is 0.148. The van der Waals surface area contributed by atoms with Crippen molar-refractivity contribution >= 4 is 11.9 Å². The standard InChI is InChI=1S/C10H12N2O8/c13-7-1-5(3-11(15)16)9(19-7)10-6(4-12(17)18)2-8(14)20-10/h5-6,9-10H,1-4H2/t5-,6-,9-,10-/m1/s1. The number of carbonyl (C=O) groups is 2. The fourth-order valence-corrected chi connectivity index (χ4v) is 2.64. The maximum atomic E-state index is 11.3. The number of nitro groups is 2. The maximum absolute atomic E-state index is 11.3. The van der Waals surface area contributed by atoms with Gasteiger partial charge in [0.15, 0.2) is 0 Å². The highest BCUT2D eigenvalue weighted by atomic mass is 16.6. The second-order valence-electron chi connectivity index (χ2n) is 4.87. The average Bonchev–Trinajstić information content (AvgIpc) is 2.80. The van der Waals surface area contributed by atoms with Crippen LogP contribution in [0.5, 0.6) is 0 Å². The lowest BCUT2D eigenvalue weighted by Crippen LogP contribution is -2.40. The van der Waals surface area contributed by atoms with Gasteiger partial charge in [0.05, 0.1) is 24.7 Å². The normalized spacial score (nSPS) is 32.8. The summed E-state index contributed by atoms with van der Waals surface area (Å²) in [5.41, 5.74) is 0. The quantitative estimate of drug-likeness (QED) is 0.371. The summed E-state index contributed by atoms with van der Waals surface area (Å²) in [5.74, 6) is -2.71. The van der Waals surface area contributed by atoms with E-state index in [9.17, 15) is 29.8 Å². The van der Waals surface area contributed by atoms with E-state index in [-0.39, 0.29) is 12.8 Å². The summed E-state index contributed by atoms with van der Waals surface area (Å²) >= 11 is 0. The van der Waals surface area contributed by atoms with E-state index in [1.807, 2.05) is 0 Å². The number of nitrogens with zero attached hydrogens (tertiary/aromatic N) is 2. The fourth-order valence-electron chi connectivity index (χ4n) is 2.64. The van der Waals surface area contributed by atoms with Crippen LogP contribution in [0.15, 0.2) is 0 Å². The zero-order valence-electron chi connectivity index (χ0n) is 10.3. The second-order valence-corrected chi connectivity index (χ2v) is 4.87. The zero-order valence-corrected chi connectivity index (χ0v) is 10.3. The van der Waals surface area contributed by atoms with E-state index in [2.05, 4.69) is 0 Å². The number of hydrogen-bond acceptors (Lipinski definition) is 8. The topological polar surface area (TPSA) is 139 Å². The molecule has 0 N–H and O–H groups in total. The molecule has 2 rings (SSSR count). The Morgan fingerprint density at radius 3 is 1.55 bits per heavy atom. The van der Waals surface area contributed by atoms with Gasteiger partial charge in [0.1, 0.15) is 12.2 Å². The van der Waals surface area contributed by atoms with Gasteiger partial charge in [-0.1, -0.05) is 0 Å². The molecular weight excluding hydrogens is 276 g/mol. The molecule has 110 valence electrons. The predicted molar refractivity (Wildman–Crippen MR) is 59.7 cm³/mol. The predicted octanol–water partition coefficient (Wildman–Crippen LogP) is -0.597. The molecule has 0 aromatic carbocycles. The van der Waals surface area contributed by atoms with Gasteiger partial charge < -0.3 is 9.47 Å². The Kier molecular flexibility index (Phi) is 3.81. The second kappa shape index (κ2) is 5.39. The van der Waals surface area contributed by atoms with Crippen molar-refractivity contribution in [3.8, 4) is 0 Å². The summed E-state index contributed by atoms with van der Waals surface area (Å²) in [4.78, 5) is 42.6. The first-order valence-corrected chi connectivity index (χ1v) is 5.99. The summed E-state index contributed by atoms with van der Waals surface area (Å²) in [5, 5.41) is 21.1. The number of ether oxygens (including phenoxy) is 2. The Morgan fingerprint density at radius 2 is 1.25 bits per heavy atom. The van der Waals surface area contributed by atoms with Gasteiger partial charge in [-0.3, -0.25) is 29.8 Å². The van der Waals surface area contributed by atoms with Crippen molar-refractivity contribution in [2.24, 2.45) is 11.8 Å². The van der Waals surface area contributed by atoms with Gasteiger partial charge in [-0.15, -0.1) is 0 Å². The van der Waals surface area contributed by atoms with Crippen LogP contribution in [-0.4, -0.2) is 47.1 Å². The summed E-state index contributed by atoms with van der Waals surface area (Å²) in [6, 6.07) is 0. The third kappa shape index (κ3) is 3.00. The molecule has 10 heteroatoms. The molecule has 4 atom stereocenters. The van der Waals surface area contributed by atoms with Crippen LogP contribution in [0.25, 0.3) is 0 Å². The lowest BCUT2D eigenvalue weighted by atomic mass is 9.89. The van der Waals surface area contributed by atoms with E-state index in [0.717, 1.165) is 0 Å². The van der Waals surface area contributed by atoms with E-state index < -0.39 is 58.9 Å². The van der Waals surface area contributed by atoms with Gasteiger partial charge in [-0.05, 0) is 0 Å². The number of hydrogen-bond donors (Lipinski definition) is 0. The van der Waals surface area contributed by atoms with E-state index >= 15 is 0 Å². The van der Waals surface area contributed by atoms with Gasteiger partial charge in [-0.25, -0.2) is 0 Å². The molecule has 20 heavy (non-hydrogen) atoms. The van der Waals surface area contributed by atoms with Crippen molar-refractivity contribution in [3.05, 3.63) is 20.2 Å². The monoisotopic (exact) mass is 288 g/mol. The summed E-state index contributed by atoms with van der Waals surface area (Å²) in [6.45, 7) is -1.01. The summed E-state index contributed by atoms with van der Waals surface area (Å²) in [6.07, 6.45) is -2.26. The molecule has 2 aliphatic heterocycles. The van der Waals surface area contributed by atoms with Crippen LogP contribution < -0.4 is 0 Å². The van der Waals surface area contributed by atoms with Crippen LogP contribution >= 0.6 is 0 Å². The number of cyclic esters (lactones) is 2. The van der Waals surface area contributed by atoms with Crippen molar-refractivity contribution in [2.75, 3.05) is 13.1 Å². The van der Waals surface area contributed by atoms with Crippen molar-refractivity contribution in [2.45, 2.75) is 25.0 Å². The van der Waals surface area contributed by atoms with Gasteiger partial charge in [0.2, 0.25) is 13.1 Å². The molecule has 2 fully saturated rings. The fraction of sp³-hybridized carbons (Fsp3) is 0.800. The van der Waals surface area contributed by atoms with Crippen LogP contribution in [0.4, 0.5) is 0 Å². The van der Waals surface area contributed by atoms with Gasteiger partial charge in [0.25, 0.3) is 0 Å². The highest BCUT2D eigenvalue weighted by Gasteiger charge is 2.51. The Bertz CT molecular complexity index is 422. The van der Waals surface area contributed by atoms with E-state index in [0.29, 0.717) is 0 Å². The van der Waals surface area contributed by atoms with Gasteiger partial charge in [0, 0.05) is 9.85 Å². The molecule has 0 unspecified atom stereocenters. The summed E-state index contributed by atoms with van der Waals surface area (Å²) in [7, 11) is 0. The highest BCUT2D eigenvalue weighted by molar-refractivity contribution is 5.74. The molecule has 2 aliphatic rings. The Labute approximate surface area is 112 Å². The van der Waals surface area contributed by atoms with Crippen molar-refractivity contribution in [3.63, 3.8) is 0 Å². The third-order valence-electron chi connectivity index (χ3n) is 3.41. The molecule has 0 aliphatic carbocycles. The average molecular weight is 288 g/mol. The minimum atomic E-state index is -0.982. The molecule has 0 radical (unpaired) electrons. The van der Waals surface area contributed by atoms with Crippen LogP contribution in [0.1, 0.15) is 12.8 Å². The van der Waals surface area contributed by atoms with Crippen LogP contribution in [0.3, 0.4) is 0 Å². The minimum Gasteiger partial charge on any atom is -0.458 e. The Hall–Kier alpha value is -2.26. The Balaban J connectivity index is 2.13. The van der Waals surface area contributed by atoms with Gasteiger partial charge in [-0.2, -0.15) is 0 Å². The zero-order chi connectivity index (χ0) is 14.9. The SMILES string of the molecule is O=C1C[C@H](C[N+](=O)[O-])[C@H]([C@@H]2OC(=O)C[C@@H]2C[N+](=O)[O-])O1. The maximum Gasteiger partial charge on any atom is 0.306 e. The van der Waals surface area contributed by atoms with Crippen LogP contribution in [0.2, 0.25) is 0 Å².